The van der Waals surface area contributed by atoms with Crippen LogP contribution in [0.2, 0.25) is 122 Å². The molecule has 39 heavy (non-hydrogen) atoms. The largest absolute Gasteiger partial charge is 0.476 e. The summed E-state index contributed by atoms with van der Waals surface area (Å²) in [7, 11) is -15.6. The second-order valence-corrected chi connectivity index (χ2v) is 49.0. The Balaban J connectivity index is 0. The third-order valence-corrected chi connectivity index (χ3v) is 33.3. The second kappa shape index (κ2) is 15.0. The van der Waals surface area contributed by atoms with E-state index in [1.165, 1.54) is 0 Å². The fraction of sp³-hybridized carbons (Fsp3) is 1.00. The first kappa shape index (κ1) is 42.6. The molecule has 0 spiro atoms. The molecular formula is C24H68O7Si8. The molecule has 0 aliphatic heterocycles. The molecule has 0 aliphatic rings. The Labute approximate surface area is 253 Å². The van der Waals surface area contributed by atoms with Crippen LogP contribution in [0, 0.1) is 0 Å². The first-order valence-electron chi connectivity index (χ1n) is 14.4. The molecule has 0 saturated carbocycles. The smallest absolute Gasteiger partial charge is 0.437 e. The number of hydrogen-bond donors (Lipinski definition) is 0. The molecule has 0 aromatic heterocycles. The molecule has 0 aliphatic carbocycles. The topological polar surface area (TPSA) is 64.6 Å². The van der Waals surface area contributed by atoms with Crippen LogP contribution < -0.4 is 0 Å². The van der Waals surface area contributed by atoms with Crippen LogP contribution in [0.3, 0.4) is 0 Å². The molecule has 0 amide bonds. The molecule has 0 N–H and O–H groups in total. The van der Waals surface area contributed by atoms with Crippen molar-refractivity contribution in [3.05, 3.63) is 0 Å². The highest BCUT2D eigenvalue weighted by Crippen LogP contribution is 2.37. The van der Waals surface area contributed by atoms with E-state index >= 15 is 0 Å². The quantitative estimate of drug-likeness (QED) is 0.159. The van der Waals surface area contributed by atoms with Crippen molar-refractivity contribution in [2.45, 2.75) is 150 Å². The molecule has 15 heteroatoms. The Morgan fingerprint density at radius 1 is 0.359 bits per heavy atom. The minimum absolute atomic E-state index is 0.0681. The molecule has 0 aromatic rings. The fourth-order valence-corrected chi connectivity index (χ4v) is 36.4. The van der Waals surface area contributed by atoms with Gasteiger partial charge in [-0.3, -0.25) is 0 Å². The lowest BCUT2D eigenvalue weighted by atomic mass is 10.6. The van der Waals surface area contributed by atoms with Crippen molar-refractivity contribution in [3.63, 3.8) is 0 Å². The van der Waals surface area contributed by atoms with Crippen LogP contribution in [0.25, 0.3) is 0 Å². The zero-order chi connectivity index (χ0) is 32.1. The maximum absolute atomic E-state index is 6.95. The SMILES string of the molecule is CC(C)[Si](O[Si](C)(C)O[Si](C)(C)C)(O[Si](C)(C)O[Si](C)(C)C)O[Si](C)(C)O[Si](C)(C)C.CO[Si](C)(C)C(C)C. The lowest BCUT2D eigenvalue weighted by Crippen LogP contribution is -2.67. The van der Waals surface area contributed by atoms with Gasteiger partial charge in [0.05, 0.1) is 0 Å². The summed E-state index contributed by atoms with van der Waals surface area (Å²) in [6, 6.07) is 0. The van der Waals surface area contributed by atoms with E-state index in [2.05, 4.69) is 139 Å². The van der Waals surface area contributed by atoms with E-state index in [1.54, 1.807) is 0 Å². The van der Waals surface area contributed by atoms with Gasteiger partial charge in [0.1, 0.15) is 0 Å². The van der Waals surface area contributed by atoms with Gasteiger partial charge < -0.3 is 29.1 Å². The number of hydrogen-bond acceptors (Lipinski definition) is 7. The molecular weight excluding hydrogens is 625 g/mol. The van der Waals surface area contributed by atoms with E-state index in [0.29, 0.717) is 0 Å². The molecule has 7 nitrogen and oxygen atoms in total. The molecule has 0 fully saturated rings. The Hall–Kier alpha value is 1.46. The molecule has 0 heterocycles. The van der Waals surface area contributed by atoms with Gasteiger partial charge in [-0.05, 0) is 117 Å². The summed E-state index contributed by atoms with van der Waals surface area (Å²) in [4.78, 5) is 0. The van der Waals surface area contributed by atoms with E-state index < -0.39 is 67.8 Å². The Kier molecular flexibility index (Phi) is 16.3. The molecule has 0 saturated heterocycles. The maximum Gasteiger partial charge on any atom is 0.476 e. The Morgan fingerprint density at radius 2 is 0.590 bits per heavy atom. The van der Waals surface area contributed by atoms with Crippen LogP contribution in [0.1, 0.15) is 27.7 Å². The average molecular weight is 693 g/mol. The van der Waals surface area contributed by atoms with E-state index in [-0.39, 0.29) is 5.54 Å². The summed E-state index contributed by atoms with van der Waals surface area (Å²) in [5.41, 5.74) is 0.797. The van der Waals surface area contributed by atoms with Crippen LogP contribution in [-0.2, 0) is 29.1 Å². The van der Waals surface area contributed by atoms with Crippen LogP contribution >= 0.6 is 0 Å². The third-order valence-electron chi connectivity index (χ3n) is 5.44. The Bertz CT molecular complexity index is 651. The highest BCUT2D eigenvalue weighted by molar-refractivity contribution is 6.93. The summed E-state index contributed by atoms with van der Waals surface area (Å²) in [5, 5.41) is 0. The van der Waals surface area contributed by atoms with Crippen LogP contribution in [0.15, 0.2) is 0 Å². The second-order valence-electron chi connectivity index (χ2n) is 15.9. The highest BCUT2D eigenvalue weighted by Gasteiger charge is 2.58. The first-order chi connectivity index (χ1) is 16.7. The van der Waals surface area contributed by atoms with Crippen molar-refractivity contribution in [1.29, 1.82) is 0 Å². The number of rotatable bonds is 15. The van der Waals surface area contributed by atoms with Gasteiger partial charge in [-0.1, -0.05) is 27.7 Å². The van der Waals surface area contributed by atoms with E-state index in [0.717, 1.165) is 5.54 Å². The van der Waals surface area contributed by atoms with Gasteiger partial charge in [0.2, 0.25) is 0 Å². The lowest BCUT2D eigenvalue weighted by Gasteiger charge is -2.48. The predicted octanol–water partition coefficient (Wildman–Crippen LogP) is 9.29. The van der Waals surface area contributed by atoms with Gasteiger partial charge in [-0.25, -0.2) is 0 Å². The standard InChI is InChI=1S/C18H52O6Si7.C6H16OSi/c1-18(2)31(22-28(12,13)19-25(3,4)5,23-29(14,15)20-26(6,7)8)24-30(16,17)21-27(9,10)11;1-6(2)8(4,5)7-3/h18H,1-17H3;6H,1-5H3. The zero-order valence-corrected chi connectivity index (χ0v) is 38.0. The molecule has 0 unspecified atom stereocenters. The zero-order valence-electron chi connectivity index (χ0n) is 30.0. The van der Waals surface area contributed by atoms with Crippen LogP contribution in [0.4, 0.5) is 0 Å². The molecule has 238 valence electrons. The lowest BCUT2D eigenvalue weighted by molar-refractivity contribution is 0.182. The van der Waals surface area contributed by atoms with E-state index in [1.807, 2.05) is 7.11 Å². The summed E-state index contributed by atoms with van der Waals surface area (Å²) in [6.45, 7) is 45.7. The monoisotopic (exact) mass is 692 g/mol. The average Bonchev–Trinajstić information content (AvgIpc) is 2.53. The highest BCUT2D eigenvalue weighted by atomic mass is 28.5. The summed E-state index contributed by atoms with van der Waals surface area (Å²) in [5.74, 6) is 0. The molecule has 0 rings (SSSR count). The van der Waals surface area contributed by atoms with E-state index in [9.17, 15) is 0 Å². The Morgan fingerprint density at radius 3 is 0.692 bits per heavy atom. The van der Waals surface area contributed by atoms with Gasteiger partial charge >= 0.3 is 34.5 Å². The van der Waals surface area contributed by atoms with Crippen LogP contribution in [0.5, 0.6) is 0 Å². The molecule has 0 atom stereocenters. The summed E-state index contributed by atoms with van der Waals surface area (Å²) < 4.78 is 45.9. The van der Waals surface area contributed by atoms with Crippen molar-refractivity contribution >= 4 is 67.8 Å². The van der Waals surface area contributed by atoms with Crippen molar-refractivity contribution in [1.82, 2.24) is 0 Å². The van der Waals surface area contributed by atoms with E-state index in [4.69, 9.17) is 29.1 Å². The summed E-state index contributed by atoms with van der Waals surface area (Å²) in [6.07, 6.45) is 0. The van der Waals surface area contributed by atoms with Crippen LogP contribution in [-0.4, -0.2) is 74.9 Å². The van der Waals surface area contributed by atoms with Gasteiger partial charge in [0.25, 0.3) is 0 Å². The maximum atomic E-state index is 6.95. The van der Waals surface area contributed by atoms with Gasteiger partial charge in [0.15, 0.2) is 33.3 Å². The van der Waals surface area contributed by atoms with Gasteiger partial charge in [-0.2, -0.15) is 0 Å². The minimum atomic E-state index is -3.20. The third kappa shape index (κ3) is 20.1. The van der Waals surface area contributed by atoms with Gasteiger partial charge in [0, 0.05) is 12.7 Å². The minimum Gasteiger partial charge on any atom is -0.437 e. The van der Waals surface area contributed by atoms with Crippen molar-refractivity contribution in [2.24, 2.45) is 0 Å². The van der Waals surface area contributed by atoms with Crippen molar-refractivity contribution in [3.8, 4) is 0 Å². The fourth-order valence-electron chi connectivity index (χ4n) is 3.95. The predicted molar refractivity (Wildman–Crippen MR) is 189 cm³/mol. The first-order valence-corrected chi connectivity index (χ1v) is 37.9. The van der Waals surface area contributed by atoms with Crippen molar-refractivity contribution in [2.75, 3.05) is 7.11 Å². The molecule has 0 aromatic carbocycles. The van der Waals surface area contributed by atoms with Gasteiger partial charge in [-0.15, -0.1) is 0 Å². The molecule has 0 radical (unpaired) electrons. The molecule has 0 bridgehead atoms. The normalized spacial score (nSPS) is 15.1. The summed E-state index contributed by atoms with van der Waals surface area (Å²) >= 11 is 0. The van der Waals surface area contributed by atoms with Crippen molar-refractivity contribution < 1.29 is 29.1 Å².